The Kier molecular flexibility index (Phi) is 11.5. The Hall–Kier alpha value is -3.89. The van der Waals surface area contributed by atoms with E-state index in [1.54, 1.807) is 36.4 Å². The molecular weight excluding hydrogens is 600 g/mol. The molecule has 3 rings (SSSR count). The zero-order valence-corrected chi connectivity index (χ0v) is 24.6. The fourth-order valence-corrected chi connectivity index (χ4v) is 4.23. The van der Waals surface area contributed by atoms with Crippen molar-refractivity contribution in [1.29, 1.82) is 0 Å². The molecule has 210 valence electrons. The van der Waals surface area contributed by atoms with Crippen molar-refractivity contribution in [2.75, 3.05) is 18.5 Å². The summed E-state index contributed by atoms with van der Waals surface area (Å²) in [6, 6.07) is 17.9. The molecule has 3 N–H and O–H groups in total. The van der Waals surface area contributed by atoms with Crippen LogP contribution >= 0.6 is 27.5 Å². The van der Waals surface area contributed by atoms with Crippen molar-refractivity contribution in [2.45, 2.75) is 33.2 Å². The average molecular weight is 630 g/mol. The maximum Gasteiger partial charge on any atom is 0.329 e. The molecule has 3 aromatic rings. The standard InChI is InChI=1S/C29H30BrClN4O5/c1-4-39-25-13-20(12-24(30)27(25)40-17-26(36)34-23-7-5-6-22(31)14-23)16-33-35-29(38)28(37)32-15-19-8-10-21(11-9-19)18(2)3/h5-14,16,18H,4,15,17H2,1-3H3,(H,32,37)(H,34,36)(H,35,38)/b33-16-. The first kappa shape index (κ1) is 30.6. The van der Waals surface area contributed by atoms with Crippen molar-refractivity contribution < 1.29 is 23.9 Å². The summed E-state index contributed by atoms with van der Waals surface area (Å²) in [7, 11) is 0. The van der Waals surface area contributed by atoms with E-state index in [4.69, 9.17) is 21.1 Å². The Morgan fingerprint density at radius 2 is 1.77 bits per heavy atom. The monoisotopic (exact) mass is 628 g/mol. The van der Waals surface area contributed by atoms with Gasteiger partial charge in [0.2, 0.25) is 0 Å². The van der Waals surface area contributed by atoms with Crippen molar-refractivity contribution in [3.63, 3.8) is 0 Å². The number of nitrogens with zero attached hydrogens (tertiary/aromatic N) is 1. The van der Waals surface area contributed by atoms with E-state index in [9.17, 15) is 14.4 Å². The first-order valence-corrected chi connectivity index (χ1v) is 13.7. The minimum absolute atomic E-state index is 0.220. The molecule has 0 bridgehead atoms. The third-order valence-corrected chi connectivity index (χ3v) is 6.30. The van der Waals surface area contributed by atoms with Crippen molar-refractivity contribution in [2.24, 2.45) is 5.10 Å². The lowest BCUT2D eigenvalue weighted by molar-refractivity contribution is -0.139. The fourth-order valence-electron chi connectivity index (χ4n) is 3.47. The summed E-state index contributed by atoms with van der Waals surface area (Å²) in [5.41, 5.74) is 5.39. The molecule has 0 aromatic heterocycles. The molecule has 0 heterocycles. The van der Waals surface area contributed by atoms with Crippen molar-refractivity contribution in [1.82, 2.24) is 10.7 Å². The molecule has 0 saturated carbocycles. The highest BCUT2D eigenvalue weighted by atomic mass is 79.9. The summed E-state index contributed by atoms with van der Waals surface area (Å²) in [4.78, 5) is 36.6. The number of ether oxygens (including phenoxy) is 2. The van der Waals surface area contributed by atoms with E-state index < -0.39 is 11.8 Å². The Balaban J connectivity index is 1.55. The molecule has 0 atom stereocenters. The van der Waals surface area contributed by atoms with Crippen LogP contribution in [-0.2, 0) is 20.9 Å². The van der Waals surface area contributed by atoms with Gasteiger partial charge in [0.05, 0.1) is 17.3 Å². The fraction of sp³-hybridized carbons (Fsp3) is 0.241. The number of hydrazone groups is 1. The van der Waals surface area contributed by atoms with Crippen molar-refractivity contribution in [3.05, 3.63) is 86.8 Å². The van der Waals surface area contributed by atoms with E-state index in [-0.39, 0.29) is 19.1 Å². The number of rotatable bonds is 11. The second-order valence-electron chi connectivity index (χ2n) is 8.89. The Morgan fingerprint density at radius 3 is 2.45 bits per heavy atom. The summed E-state index contributed by atoms with van der Waals surface area (Å²) < 4.78 is 11.9. The van der Waals surface area contributed by atoms with E-state index in [1.165, 1.54) is 11.8 Å². The largest absolute Gasteiger partial charge is 0.490 e. The zero-order chi connectivity index (χ0) is 29.1. The van der Waals surface area contributed by atoms with Crippen molar-refractivity contribution >= 4 is 57.2 Å². The van der Waals surface area contributed by atoms with Gasteiger partial charge >= 0.3 is 11.8 Å². The van der Waals surface area contributed by atoms with Crippen LogP contribution in [0.5, 0.6) is 11.5 Å². The van der Waals surface area contributed by atoms with Gasteiger partial charge in [-0.1, -0.05) is 55.8 Å². The number of hydrogen-bond donors (Lipinski definition) is 3. The lowest BCUT2D eigenvalue weighted by Crippen LogP contribution is -2.37. The predicted octanol–water partition coefficient (Wildman–Crippen LogP) is 5.41. The average Bonchev–Trinajstić information content (AvgIpc) is 2.91. The number of hydrogen-bond acceptors (Lipinski definition) is 6. The van der Waals surface area contributed by atoms with Crippen LogP contribution in [-0.4, -0.2) is 37.1 Å². The van der Waals surface area contributed by atoms with Gasteiger partial charge in [-0.25, -0.2) is 5.43 Å². The maximum absolute atomic E-state index is 12.3. The summed E-state index contributed by atoms with van der Waals surface area (Å²) in [5, 5.41) is 9.65. The Bertz CT molecular complexity index is 1380. The zero-order valence-electron chi connectivity index (χ0n) is 22.3. The second-order valence-corrected chi connectivity index (χ2v) is 10.2. The summed E-state index contributed by atoms with van der Waals surface area (Å²) in [6.45, 7) is 6.30. The molecular formula is C29H30BrClN4O5. The number of carbonyl (C=O) groups is 3. The molecule has 0 aliphatic rings. The SMILES string of the molecule is CCOc1cc(/C=N\NC(=O)C(=O)NCc2ccc(C(C)C)cc2)cc(Br)c1OCC(=O)Nc1cccc(Cl)c1. The lowest BCUT2D eigenvalue weighted by Gasteiger charge is -2.14. The molecule has 40 heavy (non-hydrogen) atoms. The third kappa shape index (κ3) is 9.39. The first-order valence-electron chi connectivity index (χ1n) is 12.5. The number of anilines is 1. The number of carbonyl (C=O) groups excluding carboxylic acids is 3. The van der Waals surface area contributed by atoms with Gasteiger partial charge in [0, 0.05) is 17.3 Å². The van der Waals surface area contributed by atoms with E-state index in [1.807, 2.05) is 31.2 Å². The van der Waals surface area contributed by atoms with Gasteiger partial charge in [-0.15, -0.1) is 0 Å². The molecule has 0 saturated heterocycles. The molecule has 3 amide bonds. The van der Waals surface area contributed by atoms with Crippen molar-refractivity contribution in [3.8, 4) is 11.5 Å². The highest BCUT2D eigenvalue weighted by molar-refractivity contribution is 9.10. The summed E-state index contributed by atoms with van der Waals surface area (Å²) in [5.74, 6) is -0.985. The van der Waals surface area contributed by atoms with Crippen LogP contribution < -0.4 is 25.5 Å². The van der Waals surface area contributed by atoms with Gasteiger partial charge in [-0.2, -0.15) is 5.10 Å². The van der Waals surface area contributed by atoms with Crippen LogP contribution in [0.4, 0.5) is 5.69 Å². The number of amides is 3. The van der Waals surface area contributed by atoms with E-state index in [0.717, 1.165) is 5.56 Å². The molecule has 11 heteroatoms. The van der Waals surface area contributed by atoms with Gasteiger partial charge in [0.1, 0.15) is 0 Å². The minimum atomic E-state index is -0.898. The van der Waals surface area contributed by atoms with Crippen LogP contribution in [0, 0.1) is 0 Å². The lowest BCUT2D eigenvalue weighted by atomic mass is 10.0. The third-order valence-electron chi connectivity index (χ3n) is 5.47. The second kappa shape index (κ2) is 15.0. The van der Waals surface area contributed by atoms with Gasteiger partial charge < -0.3 is 20.1 Å². The number of halogens is 2. The van der Waals surface area contributed by atoms with Crippen LogP contribution in [0.15, 0.2) is 70.2 Å². The predicted molar refractivity (Wildman–Crippen MR) is 159 cm³/mol. The van der Waals surface area contributed by atoms with Crippen LogP contribution in [0.2, 0.25) is 5.02 Å². The molecule has 3 aromatic carbocycles. The van der Waals surface area contributed by atoms with Gasteiger partial charge in [0.15, 0.2) is 18.1 Å². The van der Waals surface area contributed by atoms with Gasteiger partial charge in [-0.05, 0) is 75.8 Å². The number of nitrogens with one attached hydrogen (secondary N) is 3. The summed E-state index contributed by atoms with van der Waals surface area (Å²) in [6.07, 6.45) is 1.36. The quantitative estimate of drug-likeness (QED) is 0.149. The molecule has 0 aliphatic carbocycles. The molecule has 0 radical (unpaired) electrons. The normalized spacial score (nSPS) is 10.8. The maximum atomic E-state index is 12.3. The smallest absolute Gasteiger partial charge is 0.329 e. The highest BCUT2D eigenvalue weighted by Gasteiger charge is 2.15. The van der Waals surface area contributed by atoms with Crippen LogP contribution in [0.25, 0.3) is 0 Å². The van der Waals surface area contributed by atoms with E-state index >= 15 is 0 Å². The molecule has 0 fully saturated rings. The van der Waals surface area contributed by atoms with Crippen LogP contribution in [0.1, 0.15) is 43.4 Å². The highest BCUT2D eigenvalue weighted by Crippen LogP contribution is 2.36. The van der Waals surface area contributed by atoms with E-state index in [0.29, 0.717) is 44.8 Å². The minimum Gasteiger partial charge on any atom is -0.490 e. The van der Waals surface area contributed by atoms with Gasteiger partial charge in [0.25, 0.3) is 5.91 Å². The molecule has 0 spiro atoms. The molecule has 0 aliphatic heterocycles. The first-order chi connectivity index (χ1) is 19.2. The summed E-state index contributed by atoms with van der Waals surface area (Å²) >= 11 is 9.38. The van der Waals surface area contributed by atoms with E-state index in [2.05, 4.69) is 50.9 Å². The Labute approximate surface area is 246 Å². The molecule has 0 unspecified atom stereocenters. The Morgan fingerprint density at radius 1 is 1.02 bits per heavy atom. The van der Waals surface area contributed by atoms with Gasteiger partial charge in [-0.3, -0.25) is 14.4 Å². The number of benzene rings is 3. The van der Waals surface area contributed by atoms with Crippen LogP contribution in [0.3, 0.4) is 0 Å². The topological polar surface area (TPSA) is 118 Å². The molecule has 9 nitrogen and oxygen atoms in total.